The second-order valence-corrected chi connectivity index (χ2v) is 2.19. The molecule has 0 saturated heterocycles. The first-order valence-corrected chi connectivity index (χ1v) is 3.84. The summed E-state index contributed by atoms with van der Waals surface area (Å²) in [5, 5.41) is 16.1. The van der Waals surface area contributed by atoms with E-state index in [1.165, 1.54) is 0 Å². The van der Waals surface area contributed by atoms with Crippen molar-refractivity contribution >= 4 is 23.7 Å². The molecule has 0 spiro atoms. The monoisotopic (exact) mass is 272 g/mol. The molecular weight excluding hydrogens is 255 g/mol. The minimum absolute atomic E-state index is 0. The van der Waals surface area contributed by atoms with Crippen LogP contribution in [0.5, 0.6) is 0 Å². The Morgan fingerprint density at radius 3 is 0.692 bits per heavy atom. The molecule has 0 aromatic carbocycles. The summed E-state index contributed by atoms with van der Waals surface area (Å²) in [6.07, 6.45) is -0.333. The summed E-state index contributed by atoms with van der Waals surface area (Å²) in [6.45, 7) is 6.89. The van der Waals surface area contributed by atoms with Crippen molar-refractivity contribution in [1.29, 1.82) is 0 Å². The zero-order valence-corrected chi connectivity index (χ0v) is 11.3. The van der Waals surface area contributed by atoms with Crippen molar-refractivity contribution in [1.82, 2.24) is 0 Å². The van der Waals surface area contributed by atoms with Gasteiger partial charge < -0.3 is 10.2 Å². The van der Waals surface area contributed by atoms with Gasteiger partial charge in [-0.15, -0.1) is 0 Å². The van der Waals surface area contributed by atoms with Gasteiger partial charge in [-0.05, 0) is 27.7 Å². The van der Waals surface area contributed by atoms with Gasteiger partial charge in [-0.2, -0.15) is 0 Å². The van der Waals surface area contributed by atoms with Gasteiger partial charge in [0.1, 0.15) is 0 Å². The van der Waals surface area contributed by atoms with Crippen LogP contribution in [0.15, 0.2) is 0 Å². The average Bonchev–Trinajstić information content (AvgIpc) is 1.93. The van der Waals surface area contributed by atoms with E-state index in [0.717, 1.165) is 0 Å². The maximum absolute atomic E-state index is 8.06. The fourth-order valence-electron chi connectivity index (χ4n) is 0. The fourth-order valence-corrected chi connectivity index (χ4v) is 0. The predicted molar refractivity (Wildman–Crippen MR) is 50.9 cm³/mol. The number of hydrogen-bond donors (Lipinski definition) is 4. The molecule has 0 amide bonds. The van der Waals surface area contributed by atoms with Gasteiger partial charge in [-0.1, -0.05) is 0 Å². The Labute approximate surface area is 105 Å². The van der Waals surface area contributed by atoms with E-state index >= 15 is 0 Å². The zero-order valence-electron chi connectivity index (χ0n) is 8.20. The molecule has 0 saturated carbocycles. The molecule has 0 rings (SSSR count). The molecule has 84 valence electrons. The third-order valence-electron chi connectivity index (χ3n) is 0. The van der Waals surface area contributed by atoms with Gasteiger partial charge >= 0.3 is 0 Å². The molecule has 4 N–H and O–H groups in total. The molecule has 4 nitrogen and oxygen atoms in total. The van der Waals surface area contributed by atoms with Gasteiger partial charge in [0.25, 0.3) is 0 Å². The number of aliphatic hydroxyl groups is 2. The summed E-state index contributed by atoms with van der Waals surface area (Å²) in [5.41, 5.74) is 0. The summed E-state index contributed by atoms with van der Waals surface area (Å²) in [7, 11) is 0. The van der Waals surface area contributed by atoms with Crippen LogP contribution in [-0.2, 0) is 21.7 Å². The van der Waals surface area contributed by atoms with Crippen LogP contribution in [0.4, 0.5) is 0 Å². The first kappa shape index (κ1) is 29.2. The maximum atomic E-state index is 8.06. The molecule has 0 aliphatic rings. The van der Waals surface area contributed by atoms with Crippen LogP contribution in [0, 0.1) is 0 Å². The molecule has 0 aliphatic heterocycles. The van der Waals surface area contributed by atoms with E-state index in [4.69, 9.17) is 19.5 Å². The van der Waals surface area contributed by atoms with Crippen LogP contribution in [0.25, 0.3) is 0 Å². The summed E-state index contributed by atoms with van der Waals surface area (Å²) < 4.78 is 12.9. The molecule has 0 heterocycles. The Bertz CT molecular complexity index is 38.1. The van der Waals surface area contributed by atoms with Crippen LogP contribution in [0.1, 0.15) is 27.7 Å². The van der Waals surface area contributed by atoms with Gasteiger partial charge in [-0.3, -0.25) is 9.32 Å². The molecular formula is C6H18Cl2O4Ti. The quantitative estimate of drug-likeness (QED) is 0.497. The topological polar surface area (TPSA) is 80.9 Å². The smallest absolute Gasteiger partial charge is 0.0579 e. The standard InChI is InChI=1S/2C3H8O.2ClHO.Ti/c2*1-3(2)4;2*1-2;/h2*3-4H,1-2H3;2*2H;. The van der Waals surface area contributed by atoms with E-state index in [9.17, 15) is 0 Å². The van der Waals surface area contributed by atoms with Crippen molar-refractivity contribution in [2.75, 3.05) is 0 Å². The summed E-state index contributed by atoms with van der Waals surface area (Å²) in [4.78, 5) is 0. The Morgan fingerprint density at radius 2 is 0.692 bits per heavy atom. The normalized spacial score (nSPS) is 6.46. The van der Waals surface area contributed by atoms with E-state index in [0.29, 0.717) is 0 Å². The third kappa shape index (κ3) is 1270. The van der Waals surface area contributed by atoms with E-state index in [1.807, 2.05) is 0 Å². The molecule has 7 heteroatoms. The van der Waals surface area contributed by atoms with Crippen molar-refractivity contribution < 1.29 is 41.2 Å². The van der Waals surface area contributed by atoms with Crippen LogP contribution >= 0.6 is 23.7 Å². The van der Waals surface area contributed by atoms with Gasteiger partial charge in [0, 0.05) is 33.9 Å². The summed E-state index contributed by atoms with van der Waals surface area (Å²) >= 11 is 7.28. The molecule has 0 unspecified atom stereocenters. The molecule has 0 atom stereocenters. The fraction of sp³-hybridized carbons (Fsp3) is 1.00. The Morgan fingerprint density at radius 1 is 0.692 bits per heavy atom. The minimum Gasteiger partial charge on any atom is -0.394 e. The molecule has 0 aromatic rings. The van der Waals surface area contributed by atoms with E-state index in [-0.39, 0.29) is 33.9 Å². The second-order valence-electron chi connectivity index (χ2n) is 2.19. The van der Waals surface area contributed by atoms with Gasteiger partial charge in [0.2, 0.25) is 0 Å². The SMILES string of the molecule is CC(C)O.CC(C)O.OCl.OCl.[Ti]. The molecule has 0 fully saturated rings. The first-order chi connectivity index (χ1) is 5.46. The van der Waals surface area contributed by atoms with Crippen molar-refractivity contribution in [2.24, 2.45) is 0 Å². The van der Waals surface area contributed by atoms with Crippen LogP contribution < -0.4 is 0 Å². The molecule has 0 bridgehead atoms. The number of aliphatic hydroxyl groups excluding tert-OH is 2. The van der Waals surface area contributed by atoms with Gasteiger partial charge in [0.05, 0.1) is 23.7 Å². The van der Waals surface area contributed by atoms with Crippen LogP contribution in [0.2, 0.25) is 0 Å². The summed E-state index contributed by atoms with van der Waals surface area (Å²) in [6, 6.07) is 0. The largest absolute Gasteiger partial charge is 0.394 e. The Kier molecular flexibility index (Phi) is 85.4. The third-order valence-corrected chi connectivity index (χ3v) is 0. The first-order valence-electron chi connectivity index (χ1n) is 3.16. The van der Waals surface area contributed by atoms with E-state index < -0.39 is 0 Å². The second kappa shape index (κ2) is 38.0. The van der Waals surface area contributed by atoms with Crippen molar-refractivity contribution in [3.05, 3.63) is 0 Å². The van der Waals surface area contributed by atoms with Crippen LogP contribution in [-0.4, -0.2) is 31.7 Å². The summed E-state index contributed by atoms with van der Waals surface area (Å²) in [5.74, 6) is 0. The Balaban J connectivity index is -0.0000000226. The minimum atomic E-state index is -0.167. The molecule has 0 radical (unpaired) electrons. The average molecular weight is 273 g/mol. The Hall–Kier alpha value is 1.13. The van der Waals surface area contributed by atoms with E-state index in [2.05, 4.69) is 23.7 Å². The van der Waals surface area contributed by atoms with Crippen molar-refractivity contribution in [2.45, 2.75) is 39.9 Å². The number of rotatable bonds is 0. The number of halogens is 2. The maximum Gasteiger partial charge on any atom is 0.0579 e. The van der Waals surface area contributed by atoms with Crippen LogP contribution in [0.3, 0.4) is 0 Å². The predicted octanol–water partition coefficient (Wildman–Crippen LogP) is 1.04. The molecule has 0 aromatic heterocycles. The van der Waals surface area contributed by atoms with Gasteiger partial charge in [0.15, 0.2) is 0 Å². The molecule has 13 heavy (non-hydrogen) atoms. The number of hydrogen-bond acceptors (Lipinski definition) is 4. The van der Waals surface area contributed by atoms with Crippen molar-refractivity contribution in [3.8, 4) is 0 Å². The molecule has 0 aliphatic carbocycles. The van der Waals surface area contributed by atoms with E-state index in [1.54, 1.807) is 27.7 Å². The van der Waals surface area contributed by atoms with Crippen molar-refractivity contribution in [3.63, 3.8) is 0 Å². The zero-order chi connectivity index (χ0) is 11.2. The van der Waals surface area contributed by atoms with Gasteiger partial charge in [-0.25, -0.2) is 0 Å².